The number of hydrogen-bond donors (Lipinski definition) is 1. The van der Waals surface area contributed by atoms with E-state index in [9.17, 15) is 9.59 Å². The summed E-state index contributed by atoms with van der Waals surface area (Å²) in [6.07, 6.45) is 0.856. The average Bonchev–Trinajstić information content (AvgIpc) is 2.73. The number of aromatic nitrogens is 2. The Bertz CT molecular complexity index is 1090. The molecular formula is C23H27N3O3S. The molecular weight excluding hydrogens is 398 g/mol. The minimum atomic E-state index is -0.451. The minimum absolute atomic E-state index is 0.0684. The number of ether oxygens (including phenoxy) is 1. The van der Waals surface area contributed by atoms with Gasteiger partial charge >= 0.3 is 0 Å². The standard InChI is InChI=1S/C23H27N3O3S/c1-15(2)13-14-26-22(28)17-9-5-6-10-18(17)25-23(26)30-16(3)21(27)24-19-11-7-8-12-20(19)29-4/h5-12,15-16H,13-14H2,1-4H3,(H,24,27)/t16-/m1/s1. The molecule has 1 atom stereocenters. The van der Waals surface area contributed by atoms with Crippen LogP contribution in [0.3, 0.4) is 0 Å². The fraction of sp³-hybridized carbons (Fsp3) is 0.348. The molecule has 0 spiro atoms. The van der Waals surface area contributed by atoms with Crippen molar-refractivity contribution in [3.05, 3.63) is 58.9 Å². The van der Waals surface area contributed by atoms with Crippen LogP contribution in [0.2, 0.25) is 0 Å². The predicted molar refractivity (Wildman–Crippen MR) is 122 cm³/mol. The van der Waals surface area contributed by atoms with Crippen LogP contribution in [0.1, 0.15) is 27.2 Å². The molecule has 3 aromatic rings. The van der Waals surface area contributed by atoms with Gasteiger partial charge in [-0.05, 0) is 43.5 Å². The molecule has 0 aliphatic carbocycles. The lowest BCUT2D eigenvalue weighted by Crippen LogP contribution is -2.27. The Morgan fingerprint density at radius 3 is 2.57 bits per heavy atom. The van der Waals surface area contributed by atoms with Crippen LogP contribution < -0.4 is 15.6 Å². The zero-order chi connectivity index (χ0) is 21.7. The number of carbonyl (C=O) groups is 1. The SMILES string of the molecule is COc1ccccc1NC(=O)[C@@H](C)Sc1nc2ccccc2c(=O)n1CCC(C)C. The fourth-order valence-corrected chi connectivity index (χ4v) is 3.95. The van der Waals surface area contributed by atoms with Gasteiger partial charge in [-0.1, -0.05) is 49.9 Å². The fourth-order valence-electron chi connectivity index (χ4n) is 3.02. The Balaban J connectivity index is 1.88. The lowest BCUT2D eigenvalue weighted by atomic mass is 10.1. The number of benzene rings is 2. The highest BCUT2D eigenvalue weighted by Crippen LogP contribution is 2.27. The number of para-hydroxylation sites is 3. The summed E-state index contributed by atoms with van der Waals surface area (Å²) in [5, 5.41) is 3.60. The predicted octanol–water partition coefficient (Wildman–Crippen LogP) is 4.57. The van der Waals surface area contributed by atoms with E-state index in [0.717, 1.165) is 6.42 Å². The number of rotatable bonds is 8. The van der Waals surface area contributed by atoms with Crippen molar-refractivity contribution in [1.29, 1.82) is 0 Å². The van der Waals surface area contributed by atoms with Gasteiger partial charge in [0.25, 0.3) is 5.56 Å². The van der Waals surface area contributed by atoms with E-state index >= 15 is 0 Å². The molecule has 0 aliphatic heterocycles. The Morgan fingerprint density at radius 2 is 1.83 bits per heavy atom. The van der Waals surface area contributed by atoms with Gasteiger partial charge in [0, 0.05) is 6.54 Å². The number of nitrogens with one attached hydrogen (secondary N) is 1. The van der Waals surface area contributed by atoms with Crippen molar-refractivity contribution >= 4 is 34.3 Å². The molecule has 0 fully saturated rings. The zero-order valence-electron chi connectivity index (χ0n) is 17.7. The van der Waals surface area contributed by atoms with E-state index in [4.69, 9.17) is 9.72 Å². The number of thioether (sulfide) groups is 1. The summed E-state index contributed by atoms with van der Waals surface area (Å²) >= 11 is 1.29. The van der Waals surface area contributed by atoms with Crippen molar-refractivity contribution in [3.63, 3.8) is 0 Å². The smallest absolute Gasteiger partial charge is 0.262 e. The molecule has 2 aromatic carbocycles. The van der Waals surface area contributed by atoms with Gasteiger partial charge < -0.3 is 10.1 Å². The molecule has 6 nitrogen and oxygen atoms in total. The highest BCUT2D eigenvalue weighted by Gasteiger charge is 2.20. The first kappa shape index (κ1) is 21.9. The van der Waals surface area contributed by atoms with Crippen molar-refractivity contribution < 1.29 is 9.53 Å². The normalized spacial score (nSPS) is 12.2. The topological polar surface area (TPSA) is 73.2 Å². The number of anilines is 1. The van der Waals surface area contributed by atoms with Crippen molar-refractivity contribution in [1.82, 2.24) is 9.55 Å². The van der Waals surface area contributed by atoms with E-state index in [1.165, 1.54) is 11.8 Å². The summed E-state index contributed by atoms with van der Waals surface area (Å²) in [7, 11) is 1.57. The molecule has 1 aromatic heterocycles. The monoisotopic (exact) mass is 425 g/mol. The second-order valence-electron chi connectivity index (χ2n) is 7.50. The first-order chi connectivity index (χ1) is 14.4. The van der Waals surface area contributed by atoms with Gasteiger partial charge in [-0.3, -0.25) is 14.2 Å². The summed E-state index contributed by atoms with van der Waals surface area (Å²) < 4.78 is 7.00. The van der Waals surface area contributed by atoms with E-state index in [0.29, 0.717) is 40.0 Å². The molecule has 0 aliphatic rings. The Hall–Kier alpha value is -2.80. The summed E-state index contributed by atoms with van der Waals surface area (Å²) in [5.74, 6) is 0.871. The third kappa shape index (κ3) is 5.02. The van der Waals surface area contributed by atoms with Gasteiger partial charge in [-0.15, -0.1) is 0 Å². The third-order valence-electron chi connectivity index (χ3n) is 4.77. The van der Waals surface area contributed by atoms with Crippen LogP contribution >= 0.6 is 11.8 Å². The number of amides is 1. The van der Waals surface area contributed by atoms with Crippen LogP contribution in [-0.4, -0.2) is 27.8 Å². The second kappa shape index (κ2) is 9.80. The summed E-state index contributed by atoms with van der Waals surface area (Å²) in [5.41, 5.74) is 1.19. The highest BCUT2D eigenvalue weighted by atomic mass is 32.2. The van der Waals surface area contributed by atoms with E-state index in [2.05, 4.69) is 19.2 Å². The minimum Gasteiger partial charge on any atom is -0.495 e. The van der Waals surface area contributed by atoms with Crippen molar-refractivity contribution in [2.24, 2.45) is 5.92 Å². The molecule has 1 amide bonds. The highest BCUT2D eigenvalue weighted by molar-refractivity contribution is 8.00. The number of methoxy groups -OCH3 is 1. The Kier molecular flexibility index (Phi) is 7.15. The third-order valence-corrected chi connectivity index (χ3v) is 5.86. The molecule has 7 heteroatoms. The lowest BCUT2D eigenvalue weighted by Gasteiger charge is -2.17. The Morgan fingerprint density at radius 1 is 1.13 bits per heavy atom. The number of nitrogens with zero attached hydrogens (tertiary/aromatic N) is 2. The van der Waals surface area contributed by atoms with Gasteiger partial charge in [-0.2, -0.15) is 0 Å². The van der Waals surface area contributed by atoms with Crippen LogP contribution in [0.15, 0.2) is 58.5 Å². The van der Waals surface area contributed by atoms with E-state index in [1.807, 2.05) is 37.3 Å². The average molecular weight is 426 g/mol. The lowest BCUT2D eigenvalue weighted by molar-refractivity contribution is -0.115. The molecule has 1 N–H and O–H groups in total. The molecule has 1 heterocycles. The van der Waals surface area contributed by atoms with Crippen LogP contribution in [0, 0.1) is 5.92 Å². The van der Waals surface area contributed by atoms with Crippen molar-refractivity contribution in [3.8, 4) is 5.75 Å². The van der Waals surface area contributed by atoms with Crippen LogP contribution in [0.4, 0.5) is 5.69 Å². The van der Waals surface area contributed by atoms with Crippen molar-refractivity contribution in [2.75, 3.05) is 12.4 Å². The summed E-state index contributed by atoms with van der Waals surface area (Å²) in [6, 6.07) is 14.6. The molecule has 0 bridgehead atoms. The largest absolute Gasteiger partial charge is 0.495 e. The molecule has 3 rings (SSSR count). The summed E-state index contributed by atoms with van der Waals surface area (Å²) in [4.78, 5) is 30.6. The molecule has 0 saturated carbocycles. The second-order valence-corrected chi connectivity index (χ2v) is 8.81. The number of fused-ring (bicyclic) bond motifs is 1. The molecule has 0 unspecified atom stereocenters. The maximum atomic E-state index is 13.1. The first-order valence-corrected chi connectivity index (χ1v) is 10.9. The van der Waals surface area contributed by atoms with Crippen LogP contribution in [-0.2, 0) is 11.3 Å². The maximum absolute atomic E-state index is 13.1. The van der Waals surface area contributed by atoms with Gasteiger partial charge in [0.15, 0.2) is 5.16 Å². The molecule has 0 radical (unpaired) electrons. The van der Waals surface area contributed by atoms with Crippen molar-refractivity contribution in [2.45, 2.75) is 44.1 Å². The first-order valence-electron chi connectivity index (χ1n) is 10.0. The number of carbonyl (C=O) groups excluding carboxylic acids is 1. The van der Waals surface area contributed by atoms with Gasteiger partial charge in [-0.25, -0.2) is 4.98 Å². The molecule has 30 heavy (non-hydrogen) atoms. The quantitative estimate of drug-likeness (QED) is 0.423. The van der Waals surface area contributed by atoms with Crippen LogP contribution in [0.25, 0.3) is 10.9 Å². The van der Waals surface area contributed by atoms with Gasteiger partial charge in [0.05, 0.1) is 29.0 Å². The summed E-state index contributed by atoms with van der Waals surface area (Å²) in [6.45, 7) is 6.62. The van der Waals surface area contributed by atoms with E-state index in [1.54, 1.807) is 29.9 Å². The molecule has 0 saturated heterocycles. The number of hydrogen-bond acceptors (Lipinski definition) is 5. The zero-order valence-corrected chi connectivity index (χ0v) is 18.5. The van der Waals surface area contributed by atoms with Gasteiger partial charge in [0.1, 0.15) is 5.75 Å². The Labute approximate surface area is 180 Å². The van der Waals surface area contributed by atoms with E-state index < -0.39 is 5.25 Å². The maximum Gasteiger partial charge on any atom is 0.262 e. The van der Waals surface area contributed by atoms with E-state index in [-0.39, 0.29) is 11.5 Å². The van der Waals surface area contributed by atoms with Gasteiger partial charge in [0.2, 0.25) is 5.91 Å². The molecule has 158 valence electrons. The van der Waals surface area contributed by atoms with Crippen LogP contribution in [0.5, 0.6) is 5.75 Å².